The lowest BCUT2D eigenvalue weighted by Crippen LogP contribution is -2.41. The van der Waals surface area contributed by atoms with E-state index in [0.717, 1.165) is 29.0 Å². The molecule has 0 unspecified atom stereocenters. The summed E-state index contributed by atoms with van der Waals surface area (Å²) in [6.45, 7) is 7.97. The monoisotopic (exact) mass is 380 g/mol. The van der Waals surface area contributed by atoms with E-state index in [1.807, 2.05) is 25.3 Å². The minimum Gasteiger partial charge on any atom is -0.378 e. The Kier molecular flexibility index (Phi) is 5.33. The first-order valence-electron chi connectivity index (χ1n) is 8.89. The second-order valence-electron chi connectivity index (χ2n) is 6.87. The van der Waals surface area contributed by atoms with E-state index in [9.17, 15) is 18.0 Å². The van der Waals surface area contributed by atoms with Gasteiger partial charge in [0.25, 0.3) is 5.91 Å². The third kappa shape index (κ3) is 3.88. The van der Waals surface area contributed by atoms with Gasteiger partial charge in [-0.05, 0) is 49.6 Å². The summed E-state index contributed by atoms with van der Waals surface area (Å²) in [6, 6.07) is 5.26. The van der Waals surface area contributed by atoms with Gasteiger partial charge in [-0.15, -0.1) is 0 Å². The number of carbonyl (C=O) groups is 1. The number of hydrogen-bond acceptors (Lipinski definition) is 2. The molecule has 146 valence electrons. The fourth-order valence-corrected chi connectivity index (χ4v) is 3.44. The molecule has 2 aromatic rings. The smallest absolute Gasteiger partial charge is 0.378 e. The van der Waals surface area contributed by atoms with Crippen LogP contribution in [0.2, 0.25) is 0 Å². The van der Waals surface area contributed by atoms with E-state index in [2.05, 4.69) is 0 Å². The van der Waals surface area contributed by atoms with Gasteiger partial charge >= 0.3 is 6.18 Å². The van der Waals surface area contributed by atoms with Crippen molar-refractivity contribution in [2.24, 2.45) is 0 Å². The Bertz CT molecular complexity index is 850. The number of morpholine rings is 1. The van der Waals surface area contributed by atoms with Gasteiger partial charge in [-0.25, -0.2) is 0 Å². The van der Waals surface area contributed by atoms with Crippen molar-refractivity contribution in [1.82, 2.24) is 9.47 Å². The van der Waals surface area contributed by atoms with Gasteiger partial charge in [-0.2, -0.15) is 13.2 Å². The van der Waals surface area contributed by atoms with Crippen LogP contribution in [0.4, 0.5) is 13.2 Å². The maximum Gasteiger partial charge on any atom is 0.416 e. The summed E-state index contributed by atoms with van der Waals surface area (Å²) in [5, 5.41) is 0. The van der Waals surface area contributed by atoms with E-state index < -0.39 is 11.7 Å². The molecule has 0 aliphatic carbocycles. The summed E-state index contributed by atoms with van der Waals surface area (Å²) in [5.41, 5.74) is 3.12. The molecule has 1 saturated heterocycles. The first kappa shape index (κ1) is 19.5. The van der Waals surface area contributed by atoms with Crippen molar-refractivity contribution in [3.63, 3.8) is 0 Å². The zero-order chi connectivity index (χ0) is 19.8. The van der Waals surface area contributed by atoms with Crippen LogP contribution in [0.3, 0.4) is 0 Å². The number of ether oxygens (including phenoxy) is 1. The van der Waals surface area contributed by atoms with Crippen molar-refractivity contribution in [1.29, 1.82) is 0 Å². The van der Waals surface area contributed by atoms with E-state index in [1.165, 1.54) is 6.07 Å². The molecule has 7 heteroatoms. The summed E-state index contributed by atoms with van der Waals surface area (Å²) in [6.07, 6.45) is -4.39. The molecule has 1 aliphatic heterocycles. The third-order valence-corrected chi connectivity index (χ3v) is 5.23. The Balaban J connectivity index is 1.98. The lowest BCUT2D eigenvalue weighted by molar-refractivity contribution is -0.137. The maximum absolute atomic E-state index is 13.1. The fourth-order valence-electron chi connectivity index (χ4n) is 3.44. The number of halogens is 3. The number of amides is 1. The molecule has 1 aromatic carbocycles. The van der Waals surface area contributed by atoms with Crippen LogP contribution in [-0.4, -0.2) is 41.7 Å². The molecule has 0 N–H and O–H groups in total. The Morgan fingerprint density at radius 3 is 2.41 bits per heavy atom. The molecular formula is C20H23F3N2O2. The minimum atomic E-state index is -4.39. The largest absolute Gasteiger partial charge is 0.416 e. The van der Waals surface area contributed by atoms with Gasteiger partial charge in [0.15, 0.2) is 0 Å². The molecule has 0 spiro atoms. The molecule has 0 bridgehead atoms. The zero-order valence-corrected chi connectivity index (χ0v) is 15.7. The van der Waals surface area contributed by atoms with E-state index in [1.54, 1.807) is 11.0 Å². The van der Waals surface area contributed by atoms with Gasteiger partial charge in [-0.3, -0.25) is 4.79 Å². The summed E-state index contributed by atoms with van der Waals surface area (Å²) in [5.74, 6) is -0.0982. The maximum atomic E-state index is 13.1. The Morgan fingerprint density at radius 2 is 1.78 bits per heavy atom. The molecule has 1 aromatic heterocycles. The first-order valence-corrected chi connectivity index (χ1v) is 8.89. The van der Waals surface area contributed by atoms with Gasteiger partial charge < -0.3 is 14.2 Å². The van der Waals surface area contributed by atoms with Crippen LogP contribution >= 0.6 is 0 Å². The summed E-state index contributed by atoms with van der Waals surface area (Å²) in [4.78, 5) is 14.8. The third-order valence-electron chi connectivity index (χ3n) is 5.23. The average Bonchev–Trinajstić information content (AvgIpc) is 2.85. The normalized spacial score (nSPS) is 15.3. The van der Waals surface area contributed by atoms with E-state index >= 15 is 0 Å². The van der Waals surface area contributed by atoms with E-state index in [4.69, 9.17) is 4.74 Å². The number of rotatable bonds is 3. The Morgan fingerprint density at radius 1 is 1.11 bits per heavy atom. The number of benzene rings is 1. The molecule has 27 heavy (non-hydrogen) atoms. The van der Waals surface area contributed by atoms with E-state index in [-0.39, 0.29) is 12.5 Å². The van der Waals surface area contributed by atoms with Crippen LogP contribution in [0.25, 0.3) is 0 Å². The highest BCUT2D eigenvalue weighted by Crippen LogP contribution is 2.30. The van der Waals surface area contributed by atoms with Gasteiger partial charge in [0, 0.05) is 25.3 Å². The predicted octanol–water partition coefficient (Wildman–Crippen LogP) is 3.95. The second kappa shape index (κ2) is 7.38. The highest BCUT2D eigenvalue weighted by atomic mass is 19.4. The van der Waals surface area contributed by atoms with Crippen molar-refractivity contribution in [3.8, 4) is 0 Å². The predicted molar refractivity (Wildman–Crippen MR) is 95.9 cm³/mol. The van der Waals surface area contributed by atoms with Crippen LogP contribution in [0, 0.1) is 20.8 Å². The molecular weight excluding hydrogens is 357 g/mol. The SMILES string of the molecule is Cc1c(C)c(C(=O)N2CCOCC2)n(Cc2cccc(C(F)(F)F)c2)c1C. The first-order chi connectivity index (χ1) is 12.7. The summed E-state index contributed by atoms with van der Waals surface area (Å²) >= 11 is 0. The van der Waals surface area contributed by atoms with Crippen LogP contribution in [0.15, 0.2) is 24.3 Å². The van der Waals surface area contributed by atoms with Crippen molar-refractivity contribution < 1.29 is 22.7 Å². The molecule has 4 nitrogen and oxygen atoms in total. The number of nitrogens with zero attached hydrogens (tertiary/aromatic N) is 2. The van der Waals surface area contributed by atoms with Crippen LogP contribution in [-0.2, 0) is 17.5 Å². The highest BCUT2D eigenvalue weighted by molar-refractivity contribution is 5.95. The van der Waals surface area contributed by atoms with Crippen molar-refractivity contribution in [2.45, 2.75) is 33.5 Å². The molecule has 0 atom stereocenters. The standard InChI is InChI=1S/C20H23F3N2O2/c1-13-14(2)18(19(26)24-7-9-27-10-8-24)25(15(13)3)12-16-5-4-6-17(11-16)20(21,22)23/h4-6,11H,7-10,12H2,1-3H3. The van der Waals surface area contributed by atoms with Gasteiger partial charge in [-0.1, -0.05) is 12.1 Å². The lowest BCUT2D eigenvalue weighted by Gasteiger charge is -2.27. The minimum absolute atomic E-state index is 0.0982. The summed E-state index contributed by atoms with van der Waals surface area (Å²) in [7, 11) is 0. The number of hydrogen-bond donors (Lipinski definition) is 0. The van der Waals surface area contributed by atoms with Gasteiger partial charge in [0.2, 0.25) is 0 Å². The van der Waals surface area contributed by atoms with E-state index in [0.29, 0.717) is 37.6 Å². The highest BCUT2D eigenvalue weighted by Gasteiger charge is 2.31. The van der Waals surface area contributed by atoms with Crippen molar-refractivity contribution >= 4 is 5.91 Å². The molecule has 0 saturated carbocycles. The Labute approximate surface area is 156 Å². The molecule has 1 amide bonds. The number of aromatic nitrogens is 1. The topological polar surface area (TPSA) is 34.5 Å². The van der Waals surface area contributed by atoms with Crippen LogP contribution in [0.5, 0.6) is 0 Å². The zero-order valence-electron chi connectivity index (χ0n) is 15.7. The van der Waals surface area contributed by atoms with Crippen molar-refractivity contribution in [3.05, 3.63) is 57.9 Å². The molecule has 1 aliphatic rings. The quantitative estimate of drug-likeness (QED) is 0.808. The lowest BCUT2D eigenvalue weighted by atomic mass is 10.1. The molecule has 0 radical (unpaired) electrons. The van der Waals surface area contributed by atoms with Crippen LogP contribution in [0.1, 0.15) is 38.4 Å². The second-order valence-corrected chi connectivity index (χ2v) is 6.87. The molecule has 1 fully saturated rings. The fraction of sp³-hybridized carbons (Fsp3) is 0.450. The average molecular weight is 380 g/mol. The summed E-state index contributed by atoms with van der Waals surface area (Å²) < 4.78 is 46.2. The van der Waals surface area contributed by atoms with Gasteiger partial charge in [0.05, 0.1) is 18.8 Å². The van der Waals surface area contributed by atoms with Crippen molar-refractivity contribution in [2.75, 3.05) is 26.3 Å². The Hall–Kier alpha value is -2.28. The number of carbonyl (C=O) groups excluding carboxylic acids is 1. The molecule has 3 rings (SSSR count). The van der Waals surface area contributed by atoms with Crippen LogP contribution < -0.4 is 0 Å². The number of alkyl halides is 3. The molecule has 2 heterocycles. The van der Waals surface area contributed by atoms with Gasteiger partial charge in [0.1, 0.15) is 5.69 Å².